The maximum absolute atomic E-state index is 11.3. The Balaban J connectivity index is -0.000000179. The van der Waals surface area contributed by atoms with E-state index in [1.54, 1.807) is 0 Å². The second-order valence-electron chi connectivity index (χ2n) is 5.54. The maximum Gasteiger partial charge on any atom is 0.305 e. The molecule has 0 fully saturated rings. The predicted molar refractivity (Wildman–Crippen MR) is 92.1 cm³/mol. The van der Waals surface area contributed by atoms with Crippen LogP contribution in [0.25, 0.3) is 0 Å². The predicted octanol–water partition coefficient (Wildman–Crippen LogP) is -0.771. The number of aliphatic hydroxyl groups excluding tert-OH is 2. The zero-order chi connectivity index (χ0) is 22.8. The molecule has 0 radical (unpaired) electrons. The van der Waals surface area contributed by atoms with E-state index < -0.39 is 41.3 Å². The van der Waals surface area contributed by atoms with Crippen LogP contribution in [0.2, 0.25) is 0 Å². The molecule has 12 heteroatoms. The van der Waals surface area contributed by atoms with Gasteiger partial charge in [0.2, 0.25) is 5.91 Å². The summed E-state index contributed by atoms with van der Waals surface area (Å²) >= 11 is 0. The minimum Gasteiger partial charge on any atom is -0.481 e. The topological polar surface area (TPSA) is 219 Å². The van der Waals surface area contributed by atoms with E-state index >= 15 is 0 Å². The van der Waals surface area contributed by atoms with E-state index in [1.807, 2.05) is 0 Å². The highest BCUT2D eigenvalue weighted by molar-refractivity contribution is 5.81. The molecule has 0 saturated carbocycles. The molecule has 12 nitrogen and oxygen atoms in total. The van der Waals surface area contributed by atoms with Crippen LogP contribution in [0.4, 0.5) is 0 Å². The van der Waals surface area contributed by atoms with Crippen LogP contribution < -0.4 is 5.32 Å². The Labute approximate surface area is 156 Å². The summed E-state index contributed by atoms with van der Waals surface area (Å²) in [6, 6.07) is 0. The monoisotopic (exact) mass is 399 g/mol. The standard InChI is InChI=1S/C9H17NO5.3C2H4O2/c1-9(2,5-11)7(14)8(15)10-4-3-6(12)13;3*1-2(3)4/h7,11,14H,3-5H2,1-2H3,(H,10,15)(H,12,13);3*1H3,(H,3,4). The molecule has 0 spiro atoms. The van der Waals surface area contributed by atoms with Crippen molar-refractivity contribution in [2.45, 2.75) is 47.1 Å². The van der Waals surface area contributed by atoms with E-state index in [0.29, 0.717) is 0 Å². The first-order chi connectivity index (χ1) is 12.0. The number of aliphatic carboxylic acids is 4. The number of aliphatic hydroxyl groups is 2. The van der Waals surface area contributed by atoms with Crippen LogP contribution >= 0.6 is 0 Å². The summed E-state index contributed by atoms with van der Waals surface area (Å²) in [4.78, 5) is 48.4. The first-order valence-electron chi connectivity index (χ1n) is 7.38. The second-order valence-corrected chi connectivity index (χ2v) is 5.54. The first-order valence-corrected chi connectivity index (χ1v) is 7.38. The molecule has 0 heterocycles. The molecule has 27 heavy (non-hydrogen) atoms. The third-order valence-electron chi connectivity index (χ3n) is 2.03. The molecule has 0 aromatic heterocycles. The van der Waals surface area contributed by atoms with E-state index in [2.05, 4.69) is 5.32 Å². The molecule has 0 saturated heterocycles. The number of carbonyl (C=O) groups is 5. The average molecular weight is 399 g/mol. The van der Waals surface area contributed by atoms with Crippen molar-refractivity contribution in [3.8, 4) is 0 Å². The summed E-state index contributed by atoms with van der Waals surface area (Å²) in [6.45, 7) is 5.95. The highest BCUT2D eigenvalue weighted by Crippen LogP contribution is 2.19. The van der Waals surface area contributed by atoms with Gasteiger partial charge in [0.1, 0.15) is 6.10 Å². The van der Waals surface area contributed by atoms with Crippen LogP contribution in [0.3, 0.4) is 0 Å². The number of carboxylic acid groups (broad SMARTS) is 4. The van der Waals surface area contributed by atoms with E-state index in [4.69, 9.17) is 39.9 Å². The van der Waals surface area contributed by atoms with Gasteiger partial charge in [-0.25, -0.2) is 0 Å². The molecular formula is C15H29NO11. The van der Waals surface area contributed by atoms with E-state index in [0.717, 1.165) is 20.8 Å². The molecule has 0 aromatic carbocycles. The molecule has 0 aliphatic rings. The molecule has 0 rings (SSSR count). The Hall–Kier alpha value is -2.73. The smallest absolute Gasteiger partial charge is 0.305 e. The Morgan fingerprint density at radius 1 is 0.852 bits per heavy atom. The fourth-order valence-corrected chi connectivity index (χ4v) is 0.831. The Bertz CT molecular complexity index is 434. The molecule has 0 aliphatic carbocycles. The normalized spacial score (nSPS) is 10.2. The third kappa shape index (κ3) is 39.8. The number of carboxylic acids is 4. The average Bonchev–Trinajstić information content (AvgIpc) is 2.44. The van der Waals surface area contributed by atoms with Crippen molar-refractivity contribution in [3.05, 3.63) is 0 Å². The van der Waals surface area contributed by atoms with Crippen LogP contribution in [0.1, 0.15) is 41.0 Å². The molecule has 0 bridgehead atoms. The largest absolute Gasteiger partial charge is 0.481 e. The molecule has 1 amide bonds. The molecule has 0 aliphatic heterocycles. The van der Waals surface area contributed by atoms with Crippen molar-refractivity contribution in [3.63, 3.8) is 0 Å². The minimum atomic E-state index is -1.35. The van der Waals surface area contributed by atoms with Gasteiger partial charge in [0.15, 0.2) is 0 Å². The van der Waals surface area contributed by atoms with Crippen molar-refractivity contribution in [1.29, 1.82) is 0 Å². The first kappa shape index (κ1) is 32.0. The second kappa shape index (κ2) is 18.1. The van der Waals surface area contributed by atoms with Crippen molar-refractivity contribution in [2.24, 2.45) is 5.41 Å². The maximum atomic E-state index is 11.3. The summed E-state index contributed by atoms with van der Waals surface area (Å²) in [6.07, 6.45) is -1.55. The number of nitrogens with one attached hydrogen (secondary N) is 1. The van der Waals surface area contributed by atoms with Crippen LogP contribution in [0.5, 0.6) is 0 Å². The third-order valence-corrected chi connectivity index (χ3v) is 2.03. The number of amides is 1. The van der Waals surface area contributed by atoms with E-state index in [-0.39, 0.29) is 19.6 Å². The lowest BCUT2D eigenvalue weighted by atomic mass is 9.87. The number of hydrogen-bond donors (Lipinski definition) is 7. The van der Waals surface area contributed by atoms with Gasteiger partial charge >= 0.3 is 5.97 Å². The molecule has 1 unspecified atom stereocenters. The molecule has 7 N–H and O–H groups in total. The quantitative estimate of drug-likeness (QED) is 0.294. The Morgan fingerprint density at radius 2 is 1.15 bits per heavy atom. The fourth-order valence-electron chi connectivity index (χ4n) is 0.831. The van der Waals surface area contributed by atoms with Crippen molar-refractivity contribution < 1.29 is 54.6 Å². The van der Waals surface area contributed by atoms with Crippen molar-refractivity contribution in [1.82, 2.24) is 5.32 Å². The van der Waals surface area contributed by atoms with E-state index in [9.17, 15) is 14.7 Å². The lowest BCUT2D eigenvalue weighted by Crippen LogP contribution is -2.45. The van der Waals surface area contributed by atoms with Gasteiger partial charge < -0.3 is 36.0 Å². The van der Waals surface area contributed by atoms with Crippen LogP contribution in [0, 0.1) is 5.41 Å². The highest BCUT2D eigenvalue weighted by atomic mass is 16.4. The van der Waals surface area contributed by atoms with Gasteiger partial charge in [-0.05, 0) is 0 Å². The van der Waals surface area contributed by atoms with Crippen LogP contribution in [0.15, 0.2) is 0 Å². The van der Waals surface area contributed by atoms with Gasteiger partial charge in [-0.1, -0.05) is 13.8 Å². The van der Waals surface area contributed by atoms with Gasteiger partial charge in [-0.15, -0.1) is 0 Å². The SMILES string of the molecule is CC(=O)O.CC(=O)O.CC(=O)O.CC(C)(CO)C(O)C(=O)NCCC(=O)O. The fraction of sp³-hybridized carbons (Fsp3) is 0.667. The highest BCUT2D eigenvalue weighted by Gasteiger charge is 2.32. The summed E-state index contributed by atoms with van der Waals surface area (Å²) in [5.41, 5.74) is -0.937. The van der Waals surface area contributed by atoms with Gasteiger partial charge in [-0.2, -0.15) is 0 Å². The number of rotatable bonds is 6. The zero-order valence-electron chi connectivity index (χ0n) is 15.9. The molecule has 160 valence electrons. The van der Waals surface area contributed by atoms with Crippen LogP contribution in [-0.2, 0) is 24.0 Å². The summed E-state index contributed by atoms with van der Waals surface area (Å²) in [5.74, 6) is -4.19. The Morgan fingerprint density at radius 3 is 1.37 bits per heavy atom. The van der Waals surface area contributed by atoms with Gasteiger partial charge in [-0.3, -0.25) is 24.0 Å². The van der Waals surface area contributed by atoms with Crippen LogP contribution in [-0.4, -0.2) is 79.7 Å². The molecule has 1 atom stereocenters. The molecule has 0 aromatic rings. The molecular weight excluding hydrogens is 370 g/mol. The number of carbonyl (C=O) groups excluding carboxylic acids is 1. The summed E-state index contributed by atoms with van der Waals surface area (Å²) in [7, 11) is 0. The lowest BCUT2D eigenvalue weighted by molar-refractivity contribution is -0.139. The van der Waals surface area contributed by atoms with Crippen molar-refractivity contribution in [2.75, 3.05) is 13.2 Å². The Kier molecular flexibility index (Phi) is 21.4. The summed E-state index contributed by atoms with van der Waals surface area (Å²) < 4.78 is 0. The van der Waals surface area contributed by atoms with Gasteiger partial charge in [0, 0.05) is 32.7 Å². The lowest BCUT2D eigenvalue weighted by Gasteiger charge is -2.26. The number of hydrogen-bond acceptors (Lipinski definition) is 7. The van der Waals surface area contributed by atoms with Gasteiger partial charge in [0.25, 0.3) is 17.9 Å². The minimum absolute atomic E-state index is 0.0350. The van der Waals surface area contributed by atoms with Gasteiger partial charge in [0.05, 0.1) is 13.0 Å². The summed E-state index contributed by atoms with van der Waals surface area (Å²) in [5, 5.41) is 51.2. The zero-order valence-corrected chi connectivity index (χ0v) is 15.9. The van der Waals surface area contributed by atoms with Crippen molar-refractivity contribution >= 4 is 29.8 Å². The van der Waals surface area contributed by atoms with E-state index in [1.165, 1.54) is 13.8 Å².